The van der Waals surface area contributed by atoms with Gasteiger partial charge >= 0.3 is 0 Å². The highest BCUT2D eigenvalue weighted by Crippen LogP contribution is 2.68. The first-order valence-electron chi connectivity index (χ1n) is 12.0. The van der Waals surface area contributed by atoms with Gasteiger partial charge in [-0.2, -0.15) is 0 Å². The van der Waals surface area contributed by atoms with E-state index in [-0.39, 0.29) is 41.4 Å². The number of nitrogens with zero attached hydrogens (tertiary/aromatic N) is 1. The van der Waals surface area contributed by atoms with E-state index < -0.39 is 28.7 Å². The molecule has 1 spiro atoms. The lowest BCUT2D eigenvalue weighted by Gasteiger charge is -2.40. The number of carbonyl (C=O) groups is 3. The number of aliphatic hydroxyl groups excluding tert-OH is 1. The lowest BCUT2D eigenvalue weighted by Crippen LogP contribution is -2.57. The van der Waals surface area contributed by atoms with Gasteiger partial charge in [0, 0.05) is 18.0 Å². The fraction of sp³-hybridized carbons (Fsp3) is 0.640. The largest absolute Gasteiger partial charge is 0.497 e. The summed E-state index contributed by atoms with van der Waals surface area (Å²) in [6.07, 6.45) is 1.35. The van der Waals surface area contributed by atoms with Crippen LogP contribution in [0.1, 0.15) is 33.6 Å². The van der Waals surface area contributed by atoms with Crippen LogP contribution < -0.4 is 15.4 Å². The Labute approximate surface area is 205 Å². The molecule has 8 nitrogen and oxygen atoms in total. The highest BCUT2D eigenvalue weighted by molar-refractivity contribution is 8.02. The molecule has 3 unspecified atom stereocenters. The van der Waals surface area contributed by atoms with Gasteiger partial charge in [-0.3, -0.25) is 14.4 Å². The van der Waals surface area contributed by atoms with Crippen LogP contribution in [0.2, 0.25) is 0 Å². The zero-order valence-electron chi connectivity index (χ0n) is 20.4. The van der Waals surface area contributed by atoms with E-state index in [1.807, 2.05) is 13.8 Å². The monoisotopic (exact) mass is 489 g/mol. The van der Waals surface area contributed by atoms with Crippen molar-refractivity contribution in [2.24, 2.45) is 23.7 Å². The van der Waals surface area contributed by atoms with Crippen LogP contribution in [0.25, 0.3) is 0 Å². The Morgan fingerprint density at radius 2 is 1.94 bits per heavy atom. The number of likely N-dealkylation sites (tertiary alicyclic amines) is 1. The van der Waals surface area contributed by atoms with E-state index in [1.54, 1.807) is 55.1 Å². The van der Waals surface area contributed by atoms with Crippen LogP contribution in [0.15, 0.2) is 24.3 Å². The van der Waals surface area contributed by atoms with Crippen molar-refractivity contribution >= 4 is 35.2 Å². The first-order valence-corrected chi connectivity index (χ1v) is 12.8. The summed E-state index contributed by atoms with van der Waals surface area (Å²) in [6.45, 7) is 5.92. The molecule has 186 valence electrons. The van der Waals surface area contributed by atoms with Crippen molar-refractivity contribution in [2.45, 2.75) is 55.7 Å². The quantitative estimate of drug-likeness (QED) is 0.516. The molecule has 0 aliphatic carbocycles. The van der Waals surface area contributed by atoms with Gasteiger partial charge in [0.2, 0.25) is 17.7 Å². The molecule has 3 N–H and O–H groups in total. The van der Waals surface area contributed by atoms with Crippen LogP contribution in [0, 0.1) is 23.7 Å². The Morgan fingerprint density at radius 1 is 1.26 bits per heavy atom. The van der Waals surface area contributed by atoms with Crippen molar-refractivity contribution in [3.63, 3.8) is 0 Å². The van der Waals surface area contributed by atoms with Crippen molar-refractivity contribution in [2.75, 3.05) is 26.1 Å². The molecule has 7 atom stereocenters. The Hall–Kier alpha value is -2.26. The van der Waals surface area contributed by atoms with E-state index in [1.165, 1.54) is 0 Å². The number of amides is 3. The molecule has 3 heterocycles. The first-order chi connectivity index (χ1) is 16.2. The van der Waals surface area contributed by atoms with Crippen LogP contribution >= 0.6 is 11.8 Å². The zero-order chi connectivity index (χ0) is 24.8. The predicted molar refractivity (Wildman–Crippen MR) is 132 cm³/mol. The maximum Gasteiger partial charge on any atom is 0.248 e. The molecule has 9 heteroatoms. The lowest BCUT2D eigenvalue weighted by atomic mass is 9.66. The summed E-state index contributed by atoms with van der Waals surface area (Å²) >= 11 is 1.63. The molecule has 0 radical (unpaired) electrons. The van der Waals surface area contributed by atoms with Crippen molar-refractivity contribution in [3.8, 4) is 5.75 Å². The van der Waals surface area contributed by atoms with E-state index in [2.05, 4.69) is 17.6 Å². The summed E-state index contributed by atoms with van der Waals surface area (Å²) in [6, 6.07) is 5.80. The number of fused-ring (bicyclic) bond motifs is 1. The molecule has 2 bridgehead atoms. The van der Waals surface area contributed by atoms with Gasteiger partial charge in [0.15, 0.2) is 0 Å². The van der Waals surface area contributed by atoms with Crippen LogP contribution in [-0.2, 0) is 14.4 Å². The third-order valence-electron chi connectivity index (χ3n) is 7.69. The van der Waals surface area contributed by atoms with Crippen LogP contribution in [0.3, 0.4) is 0 Å². The average Bonchev–Trinajstić information content (AvgIpc) is 3.41. The van der Waals surface area contributed by atoms with Crippen molar-refractivity contribution in [1.82, 2.24) is 10.2 Å². The molecule has 3 amide bonds. The Kier molecular flexibility index (Phi) is 6.88. The summed E-state index contributed by atoms with van der Waals surface area (Å²) in [5, 5.41) is 16.0. The van der Waals surface area contributed by atoms with Gasteiger partial charge < -0.3 is 25.4 Å². The highest BCUT2D eigenvalue weighted by atomic mass is 32.2. The normalized spacial score (nSPS) is 32.6. The SMILES string of the molecule is CNC(=O)[C@@H]1[C@@H]2CC(C)C3(S2)C(C(=O)Nc2ccc(OC)cc2)N([C@@H](CO)CC(C)C)C(=O)[C@H]13. The molecule has 1 aromatic carbocycles. The van der Waals surface area contributed by atoms with Gasteiger partial charge in [0.25, 0.3) is 0 Å². The second-order valence-corrected chi connectivity index (χ2v) is 11.6. The topological polar surface area (TPSA) is 108 Å². The number of thioether (sulfide) groups is 1. The lowest BCUT2D eigenvalue weighted by molar-refractivity contribution is -0.142. The third kappa shape index (κ3) is 3.77. The molecule has 3 fully saturated rings. The zero-order valence-corrected chi connectivity index (χ0v) is 21.2. The van der Waals surface area contributed by atoms with E-state index in [0.29, 0.717) is 17.9 Å². The molecule has 4 rings (SSSR count). The Bertz CT molecular complexity index is 954. The summed E-state index contributed by atoms with van der Waals surface area (Å²) < 4.78 is 4.50. The van der Waals surface area contributed by atoms with Crippen LogP contribution in [0.4, 0.5) is 5.69 Å². The van der Waals surface area contributed by atoms with Gasteiger partial charge in [-0.05, 0) is 48.9 Å². The number of aliphatic hydroxyl groups is 1. The molecule has 3 aliphatic heterocycles. The minimum atomic E-state index is -0.775. The minimum Gasteiger partial charge on any atom is -0.497 e. The summed E-state index contributed by atoms with van der Waals surface area (Å²) in [7, 11) is 3.17. The van der Waals surface area contributed by atoms with Crippen LogP contribution in [-0.4, -0.2) is 70.6 Å². The maximum atomic E-state index is 14.0. The van der Waals surface area contributed by atoms with Crippen molar-refractivity contribution in [3.05, 3.63) is 24.3 Å². The second kappa shape index (κ2) is 9.41. The van der Waals surface area contributed by atoms with Gasteiger partial charge in [-0.1, -0.05) is 20.8 Å². The molecular weight excluding hydrogens is 454 g/mol. The number of rotatable bonds is 8. The number of methoxy groups -OCH3 is 1. The van der Waals surface area contributed by atoms with Gasteiger partial charge in [-0.15, -0.1) is 11.8 Å². The molecular formula is C25H35N3O5S. The van der Waals surface area contributed by atoms with Gasteiger partial charge in [0.1, 0.15) is 11.8 Å². The van der Waals surface area contributed by atoms with Crippen molar-refractivity contribution in [1.29, 1.82) is 0 Å². The molecule has 1 aromatic rings. The predicted octanol–water partition coefficient (Wildman–Crippen LogP) is 2.12. The maximum absolute atomic E-state index is 14.0. The highest BCUT2D eigenvalue weighted by Gasteiger charge is 2.76. The summed E-state index contributed by atoms with van der Waals surface area (Å²) in [4.78, 5) is 42.4. The van der Waals surface area contributed by atoms with Gasteiger partial charge in [-0.25, -0.2) is 0 Å². The Balaban J connectivity index is 1.76. The number of hydrogen-bond donors (Lipinski definition) is 3. The first kappa shape index (κ1) is 24.9. The fourth-order valence-corrected chi connectivity index (χ4v) is 8.73. The smallest absolute Gasteiger partial charge is 0.248 e. The molecule has 3 aliphatic rings. The molecule has 34 heavy (non-hydrogen) atoms. The molecule has 0 saturated carbocycles. The number of carbonyl (C=O) groups excluding carboxylic acids is 3. The molecule has 3 saturated heterocycles. The van der Waals surface area contributed by atoms with E-state index in [4.69, 9.17) is 4.74 Å². The van der Waals surface area contributed by atoms with Crippen LogP contribution in [0.5, 0.6) is 5.75 Å². The number of anilines is 1. The van der Waals surface area contributed by atoms with E-state index in [0.717, 1.165) is 6.42 Å². The second-order valence-electron chi connectivity index (χ2n) is 10.1. The van der Waals surface area contributed by atoms with E-state index >= 15 is 0 Å². The minimum absolute atomic E-state index is 0.0000109. The van der Waals surface area contributed by atoms with E-state index in [9.17, 15) is 19.5 Å². The number of hydrogen-bond acceptors (Lipinski definition) is 6. The van der Waals surface area contributed by atoms with Gasteiger partial charge in [0.05, 0.1) is 36.3 Å². The van der Waals surface area contributed by atoms with Crippen molar-refractivity contribution < 1.29 is 24.2 Å². The summed E-state index contributed by atoms with van der Waals surface area (Å²) in [5.41, 5.74) is 0.607. The standard InChI is InChI=1S/C25H35N3O5S/c1-13(2)10-16(12-29)28-21(23(31)27-15-6-8-17(33-5)9-7-15)25-14(3)11-18(34-25)19(22(30)26-4)20(25)24(28)32/h6-9,13-14,16,18-21,29H,10-12H2,1-5H3,(H,26,30)(H,27,31)/t14?,16-,18+,19-,20+,21?,25?/m1/s1. The number of nitrogens with one attached hydrogen (secondary N) is 2. The Morgan fingerprint density at radius 3 is 2.50 bits per heavy atom. The summed E-state index contributed by atoms with van der Waals surface area (Å²) in [5.74, 6) is -0.691. The number of benzene rings is 1. The fourth-order valence-electron chi connectivity index (χ4n) is 6.32. The third-order valence-corrected chi connectivity index (χ3v) is 9.76. The average molecular weight is 490 g/mol. The molecule has 0 aromatic heterocycles. The number of ether oxygens (including phenoxy) is 1.